The van der Waals surface area contributed by atoms with Crippen molar-refractivity contribution < 1.29 is 9.90 Å². The predicted octanol–water partition coefficient (Wildman–Crippen LogP) is 1.80. The highest BCUT2D eigenvalue weighted by Crippen LogP contribution is 2.37. The Hall–Kier alpha value is -0.610. The fourth-order valence-electron chi connectivity index (χ4n) is 3.76. The van der Waals surface area contributed by atoms with Gasteiger partial charge in [-0.25, -0.2) is 0 Å². The highest BCUT2D eigenvalue weighted by Gasteiger charge is 2.49. The number of nitrogens with zero attached hydrogens (tertiary/aromatic N) is 2. The maximum absolute atomic E-state index is 11.8. The molecule has 0 spiro atoms. The zero-order chi connectivity index (χ0) is 13.2. The maximum Gasteiger partial charge on any atom is 0.324 e. The van der Waals surface area contributed by atoms with E-state index >= 15 is 0 Å². The molecule has 1 atom stereocenters. The van der Waals surface area contributed by atoms with Gasteiger partial charge in [-0.15, -0.1) is 0 Å². The van der Waals surface area contributed by atoms with E-state index < -0.39 is 11.5 Å². The zero-order valence-electron chi connectivity index (χ0n) is 11.7. The minimum atomic E-state index is -0.597. The summed E-state index contributed by atoms with van der Waals surface area (Å²) in [5.74, 6) is -0.597. The monoisotopic (exact) mass is 254 g/mol. The average molecular weight is 254 g/mol. The van der Waals surface area contributed by atoms with Crippen LogP contribution in [0.3, 0.4) is 0 Å². The van der Waals surface area contributed by atoms with E-state index in [1.807, 2.05) is 0 Å². The number of piperidine rings is 1. The number of hydrogen-bond donors (Lipinski definition) is 1. The maximum atomic E-state index is 11.8. The number of carboxylic acids is 1. The molecule has 1 N–H and O–H groups in total. The molecule has 2 saturated heterocycles. The molecule has 0 radical (unpaired) electrons. The Balaban J connectivity index is 2.12. The minimum Gasteiger partial charge on any atom is -0.480 e. The second kappa shape index (κ2) is 5.57. The van der Waals surface area contributed by atoms with Crippen molar-refractivity contribution in [2.75, 3.05) is 26.7 Å². The smallest absolute Gasteiger partial charge is 0.324 e. The van der Waals surface area contributed by atoms with E-state index in [1.54, 1.807) is 0 Å². The van der Waals surface area contributed by atoms with Crippen molar-refractivity contribution >= 4 is 5.97 Å². The van der Waals surface area contributed by atoms with Gasteiger partial charge in [0.2, 0.25) is 0 Å². The first-order chi connectivity index (χ1) is 8.60. The molecule has 0 aromatic carbocycles. The van der Waals surface area contributed by atoms with Crippen LogP contribution in [0.15, 0.2) is 0 Å². The van der Waals surface area contributed by atoms with Crippen LogP contribution in [0.1, 0.15) is 45.4 Å². The third kappa shape index (κ3) is 2.41. The molecule has 4 heteroatoms. The van der Waals surface area contributed by atoms with E-state index in [2.05, 4.69) is 23.8 Å². The molecular weight excluding hydrogens is 228 g/mol. The van der Waals surface area contributed by atoms with Crippen LogP contribution in [0, 0.1) is 0 Å². The molecule has 18 heavy (non-hydrogen) atoms. The highest BCUT2D eigenvalue weighted by molar-refractivity contribution is 5.79. The van der Waals surface area contributed by atoms with Crippen LogP contribution in [0.5, 0.6) is 0 Å². The number of aliphatic carboxylic acids is 1. The van der Waals surface area contributed by atoms with E-state index in [0.717, 1.165) is 58.2 Å². The van der Waals surface area contributed by atoms with Crippen LogP contribution >= 0.6 is 0 Å². The van der Waals surface area contributed by atoms with Gasteiger partial charge in [0.25, 0.3) is 0 Å². The summed E-state index contributed by atoms with van der Waals surface area (Å²) in [7, 11) is 2.15. The van der Waals surface area contributed by atoms with Crippen LogP contribution in [0.2, 0.25) is 0 Å². The van der Waals surface area contributed by atoms with Crippen molar-refractivity contribution in [1.29, 1.82) is 0 Å². The summed E-state index contributed by atoms with van der Waals surface area (Å²) in [4.78, 5) is 16.4. The van der Waals surface area contributed by atoms with E-state index in [-0.39, 0.29) is 0 Å². The Bertz CT molecular complexity index is 300. The van der Waals surface area contributed by atoms with Gasteiger partial charge in [0.1, 0.15) is 5.54 Å². The number of carbonyl (C=O) groups is 1. The van der Waals surface area contributed by atoms with Gasteiger partial charge in [0, 0.05) is 6.04 Å². The van der Waals surface area contributed by atoms with Crippen molar-refractivity contribution in [3.8, 4) is 0 Å². The second-order valence-electron chi connectivity index (χ2n) is 5.92. The molecule has 2 heterocycles. The Kier molecular flexibility index (Phi) is 4.28. The molecule has 1 unspecified atom stereocenters. The summed E-state index contributed by atoms with van der Waals surface area (Å²) in [5, 5.41) is 9.70. The molecule has 0 amide bonds. The third-order valence-corrected chi connectivity index (χ3v) is 4.73. The fraction of sp³-hybridized carbons (Fsp3) is 0.929. The molecule has 2 aliphatic rings. The lowest BCUT2D eigenvalue weighted by atomic mass is 9.88. The van der Waals surface area contributed by atoms with Gasteiger partial charge in [-0.1, -0.05) is 13.3 Å². The summed E-state index contributed by atoms with van der Waals surface area (Å²) in [5.41, 5.74) is -0.560. The molecule has 0 aromatic heterocycles. The number of hydrogen-bond acceptors (Lipinski definition) is 3. The lowest BCUT2D eigenvalue weighted by Crippen LogP contribution is -2.56. The number of rotatable bonds is 4. The van der Waals surface area contributed by atoms with Crippen LogP contribution in [-0.2, 0) is 4.79 Å². The summed E-state index contributed by atoms with van der Waals surface area (Å²) >= 11 is 0. The second-order valence-corrected chi connectivity index (χ2v) is 5.92. The lowest BCUT2D eigenvalue weighted by Gasteiger charge is -2.43. The van der Waals surface area contributed by atoms with Gasteiger partial charge in [-0.05, 0) is 58.8 Å². The molecule has 104 valence electrons. The minimum absolute atomic E-state index is 0.478. The van der Waals surface area contributed by atoms with Crippen LogP contribution < -0.4 is 0 Å². The van der Waals surface area contributed by atoms with E-state index in [4.69, 9.17) is 0 Å². The van der Waals surface area contributed by atoms with E-state index in [1.165, 1.54) is 0 Å². The Morgan fingerprint density at radius 2 is 2.00 bits per heavy atom. The summed E-state index contributed by atoms with van der Waals surface area (Å²) in [6, 6.07) is 0.478. The molecule has 0 bridgehead atoms. The third-order valence-electron chi connectivity index (χ3n) is 4.73. The van der Waals surface area contributed by atoms with Gasteiger partial charge >= 0.3 is 5.97 Å². The predicted molar refractivity (Wildman–Crippen MR) is 71.7 cm³/mol. The first-order valence-corrected chi connectivity index (χ1v) is 7.29. The van der Waals surface area contributed by atoms with Crippen molar-refractivity contribution in [2.24, 2.45) is 0 Å². The first kappa shape index (κ1) is 13.8. The molecule has 0 saturated carbocycles. The van der Waals surface area contributed by atoms with Gasteiger partial charge in [-0.3, -0.25) is 9.69 Å². The average Bonchev–Trinajstić information content (AvgIpc) is 2.76. The topological polar surface area (TPSA) is 43.8 Å². The van der Waals surface area contributed by atoms with Crippen molar-refractivity contribution in [2.45, 2.75) is 57.0 Å². The molecule has 0 aromatic rings. The van der Waals surface area contributed by atoms with Gasteiger partial charge in [-0.2, -0.15) is 0 Å². The van der Waals surface area contributed by atoms with E-state index in [9.17, 15) is 9.90 Å². The van der Waals surface area contributed by atoms with Crippen LogP contribution in [0.4, 0.5) is 0 Å². The normalized spacial score (nSPS) is 31.9. The summed E-state index contributed by atoms with van der Waals surface area (Å²) in [6.45, 7) is 5.27. The molecular formula is C14H26N2O2. The Morgan fingerprint density at radius 1 is 1.33 bits per heavy atom. The summed E-state index contributed by atoms with van der Waals surface area (Å²) in [6.07, 6.45) is 5.87. The van der Waals surface area contributed by atoms with Gasteiger partial charge < -0.3 is 10.0 Å². The molecule has 0 aliphatic carbocycles. The van der Waals surface area contributed by atoms with Crippen molar-refractivity contribution in [1.82, 2.24) is 9.80 Å². The number of likely N-dealkylation sites (tertiary alicyclic amines) is 2. The van der Waals surface area contributed by atoms with Crippen LogP contribution in [0.25, 0.3) is 0 Å². The Morgan fingerprint density at radius 3 is 2.56 bits per heavy atom. The molecule has 2 rings (SSSR count). The van der Waals surface area contributed by atoms with Crippen LogP contribution in [-0.4, -0.2) is 59.1 Å². The first-order valence-electron chi connectivity index (χ1n) is 7.29. The summed E-state index contributed by atoms with van der Waals surface area (Å²) < 4.78 is 0. The van der Waals surface area contributed by atoms with Gasteiger partial charge in [0.15, 0.2) is 0 Å². The lowest BCUT2D eigenvalue weighted by molar-refractivity contribution is -0.152. The largest absolute Gasteiger partial charge is 0.480 e. The standard InChI is InChI=1S/C14H26N2O2/c1-3-7-14(13(17)18)8-4-9-16(14)12-5-10-15(2)11-6-12/h12H,3-11H2,1-2H3,(H,17,18). The quantitative estimate of drug-likeness (QED) is 0.831. The van der Waals surface area contributed by atoms with Crippen molar-refractivity contribution in [3.05, 3.63) is 0 Å². The Labute approximate surface area is 110 Å². The molecule has 2 aliphatic heterocycles. The van der Waals surface area contributed by atoms with Gasteiger partial charge in [0.05, 0.1) is 0 Å². The molecule has 4 nitrogen and oxygen atoms in total. The number of carboxylic acid groups (broad SMARTS) is 1. The zero-order valence-corrected chi connectivity index (χ0v) is 11.7. The molecule has 2 fully saturated rings. The van der Waals surface area contributed by atoms with Crippen molar-refractivity contribution in [3.63, 3.8) is 0 Å². The fourth-order valence-corrected chi connectivity index (χ4v) is 3.76. The highest BCUT2D eigenvalue weighted by atomic mass is 16.4. The van der Waals surface area contributed by atoms with E-state index in [0.29, 0.717) is 6.04 Å². The SMILES string of the molecule is CCCC1(C(=O)O)CCCN1C1CCN(C)CC1.